The molecule has 0 saturated heterocycles. The van der Waals surface area contributed by atoms with Crippen molar-refractivity contribution in [3.63, 3.8) is 0 Å². The monoisotopic (exact) mass is 282 g/mol. The van der Waals surface area contributed by atoms with Crippen molar-refractivity contribution in [3.8, 4) is 0 Å². The van der Waals surface area contributed by atoms with E-state index in [0.717, 1.165) is 16.6 Å². The van der Waals surface area contributed by atoms with Gasteiger partial charge in [-0.3, -0.25) is 4.79 Å². The Morgan fingerprint density at radius 1 is 1.42 bits per heavy atom. The first-order valence-electron chi connectivity index (χ1n) is 5.65. The predicted octanol–water partition coefficient (Wildman–Crippen LogP) is 1.02. The maximum atomic E-state index is 10.8. The van der Waals surface area contributed by atoms with E-state index in [-0.39, 0.29) is 12.4 Å². The molecule has 0 bridgehead atoms. The Bertz CT molecular complexity index is 695. The zero-order valence-corrected chi connectivity index (χ0v) is 11.2. The number of hydrogen-bond donors (Lipinski definition) is 3. The second-order valence-corrected chi connectivity index (χ2v) is 5.15. The number of carbonyl (C=O) groups is 1. The molecule has 0 aliphatic rings. The first-order valence-corrected chi connectivity index (χ1v) is 7.01. The zero-order valence-electron chi connectivity index (χ0n) is 10.3. The van der Waals surface area contributed by atoms with Crippen molar-refractivity contribution in [2.75, 3.05) is 11.2 Å². The van der Waals surface area contributed by atoms with Crippen LogP contribution < -0.4 is 5.32 Å². The maximum Gasteiger partial charge on any atom is 0.323 e. The lowest BCUT2D eigenvalue weighted by molar-refractivity contribution is -0.137. The van der Waals surface area contributed by atoms with Crippen LogP contribution in [0, 0.1) is 6.92 Å². The van der Waals surface area contributed by atoms with E-state index >= 15 is 0 Å². The lowest BCUT2D eigenvalue weighted by Gasteiger charge is -2.06. The zero-order chi connectivity index (χ0) is 14.0. The molecule has 102 valence electrons. The van der Waals surface area contributed by atoms with Gasteiger partial charge in [0.1, 0.15) is 12.4 Å². The van der Waals surface area contributed by atoms with Gasteiger partial charge in [0.2, 0.25) is 0 Å². The number of thiol groups is 1. The molecule has 6 nitrogen and oxygen atoms in total. The third kappa shape index (κ3) is 2.87. The van der Waals surface area contributed by atoms with Gasteiger partial charge < -0.3 is 15.0 Å². The minimum atomic E-state index is -2.51. The molecule has 0 fully saturated rings. The Labute approximate surface area is 111 Å². The smallest absolute Gasteiger partial charge is 0.323 e. The van der Waals surface area contributed by atoms with Crippen molar-refractivity contribution in [1.82, 2.24) is 4.57 Å². The third-order valence-corrected chi connectivity index (χ3v) is 3.26. The van der Waals surface area contributed by atoms with Gasteiger partial charge in [0.25, 0.3) is 0 Å². The lowest BCUT2D eigenvalue weighted by atomic mass is 10.2. The molecule has 0 atom stereocenters. The van der Waals surface area contributed by atoms with Crippen molar-refractivity contribution in [2.45, 2.75) is 13.5 Å². The number of aliphatic carboxylic acids is 1. The van der Waals surface area contributed by atoms with E-state index in [1.165, 1.54) is 0 Å². The van der Waals surface area contributed by atoms with Crippen LogP contribution in [0.5, 0.6) is 0 Å². The fourth-order valence-electron chi connectivity index (χ4n) is 2.07. The fourth-order valence-corrected chi connectivity index (χ4v) is 2.37. The number of aromatic nitrogens is 1. The van der Waals surface area contributed by atoms with Gasteiger partial charge in [0.05, 0.1) is 5.52 Å². The number of rotatable bonds is 5. The van der Waals surface area contributed by atoms with Crippen LogP contribution in [-0.4, -0.2) is 29.9 Å². The molecule has 0 aliphatic heterocycles. The summed E-state index contributed by atoms with van der Waals surface area (Å²) >= 11 is 0. The number of aryl methyl sites for hydroxylation is 1. The lowest BCUT2D eigenvalue weighted by Crippen LogP contribution is -2.09. The normalized spacial score (nSPS) is 11.1. The highest BCUT2D eigenvalue weighted by atomic mass is 32.2. The van der Waals surface area contributed by atoms with E-state index in [4.69, 9.17) is 5.11 Å². The molecule has 0 aliphatic carbocycles. The summed E-state index contributed by atoms with van der Waals surface area (Å²) in [7, 11) is -2.51. The molecule has 1 aromatic carbocycles. The largest absolute Gasteiger partial charge is 0.480 e. The average molecular weight is 282 g/mol. The molecule has 1 heterocycles. The molecule has 19 heavy (non-hydrogen) atoms. The van der Waals surface area contributed by atoms with Crippen molar-refractivity contribution < 1.29 is 18.3 Å². The quantitative estimate of drug-likeness (QED) is 0.712. The van der Waals surface area contributed by atoms with Crippen LogP contribution in [0.15, 0.2) is 24.3 Å². The topological polar surface area (TPSA) is 88.4 Å². The standard InChI is InChI=1S/C12H14N2O4S/c1-8-5-9-10(13-7-19(17)18)3-2-4-11(9)14(8)6-12(15)16/h2-5,13,19H,6-7H2,1H3,(H,15,16). The average Bonchev–Trinajstić information content (AvgIpc) is 2.63. The molecular formula is C12H14N2O4S. The Hall–Kier alpha value is -2.02. The predicted molar refractivity (Wildman–Crippen MR) is 73.1 cm³/mol. The Balaban J connectivity index is 2.48. The number of nitrogens with zero attached hydrogens (tertiary/aromatic N) is 1. The highest BCUT2D eigenvalue weighted by Crippen LogP contribution is 2.26. The molecule has 0 saturated carbocycles. The highest BCUT2D eigenvalue weighted by molar-refractivity contribution is 7.72. The van der Waals surface area contributed by atoms with Gasteiger partial charge in [-0.1, -0.05) is 6.07 Å². The number of fused-ring (bicyclic) bond motifs is 1. The number of carboxylic acids is 1. The van der Waals surface area contributed by atoms with Crippen LogP contribution in [0.2, 0.25) is 0 Å². The van der Waals surface area contributed by atoms with Gasteiger partial charge in [-0.05, 0) is 25.1 Å². The molecule has 1 aromatic heterocycles. The maximum absolute atomic E-state index is 10.8. The number of hydrogen-bond acceptors (Lipinski definition) is 4. The highest BCUT2D eigenvalue weighted by Gasteiger charge is 2.11. The molecule has 2 rings (SSSR count). The summed E-state index contributed by atoms with van der Waals surface area (Å²) in [6.45, 7) is 1.70. The molecule has 0 spiro atoms. The Morgan fingerprint density at radius 2 is 2.16 bits per heavy atom. The van der Waals surface area contributed by atoms with Crippen molar-refractivity contribution in [2.24, 2.45) is 0 Å². The van der Waals surface area contributed by atoms with E-state index in [2.05, 4.69) is 5.32 Å². The number of benzene rings is 1. The number of anilines is 1. The van der Waals surface area contributed by atoms with Crippen LogP contribution >= 0.6 is 0 Å². The van der Waals surface area contributed by atoms with Crippen LogP contribution in [0.25, 0.3) is 10.9 Å². The van der Waals surface area contributed by atoms with E-state index in [1.54, 1.807) is 16.7 Å². The SMILES string of the molecule is Cc1cc2c(NC[SH](=O)=O)cccc2n1CC(=O)O. The van der Waals surface area contributed by atoms with E-state index < -0.39 is 16.7 Å². The van der Waals surface area contributed by atoms with Crippen LogP contribution in [0.4, 0.5) is 5.69 Å². The summed E-state index contributed by atoms with van der Waals surface area (Å²) in [4.78, 5) is 10.8. The number of nitrogens with one attached hydrogen (secondary N) is 1. The van der Waals surface area contributed by atoms with Gasteiger partial charge in [0, 0.05) is 16.8 Å². The molecule has 0 unspecified atom stereocenters. The van der Waals surface area contributed by atoms with E-state index in [0.29, 0.717) is 5.69 Å². The van der Waals surface area contributed by atoms with E-state index in [9.17, 15) is 13.2 Å². The molecular weight excluding hydrogens is 268 g/mol. The van der Waals surface area contributed by atoms with Crippen molar-refractivity contribution in [1.29, 1.82) is 0 Å². The van der Waals surface area contributed by atoms with Gasteiger partial charge in [0.15, 0.2) is 10.7 Å². The summed E-state index contributed by atoms with van der Waals surface area (Å²) in [5, 5.41) is 12.5. The fraction of sp³-hybridized carbons (Fsp3) is 0.250. The van der Waals surface area contributed by atoms with Crippen LogP contribution in [-0.2, 0) is 22.0 Å². The Morgan fingerprint density at radius 3 is 2.79 bits per heavy atom. The third-order valence-electron chi connectivity index (χ3n) is 2.84. The van der Waals surface area contributed by atoms with Crippen LogP contribution in [0.1, 0.15) is 5.69 Å². The minimum absolute atomic E-state index is 0.116. The molecule has 0 radical (unpaired) electrons. The second-order valence-electron chi connectivity index (χ2n) is 4.17. The van der Waals surface area contributed by atoms with Gasteiger partial charge in [-0.2, -0.15) is 0 Å². The summed E-state index contributed by atoms with van der Waals surface area (Å²) in [5.41, 5.74) is 2.27. The first kappa shape index (κ1) is 13.4. The molecule has 0 amide bonds. The van der Waals surface area contributed by atoms with Crippen molar-refractivity contribution in [3.05, 3.63) is 30.0 Å². The second kappa shape index (κ2) is 5.31. The summed E-state index contributed by atoms with van der Waals surface area (Å²) < 4.78 is 22.9. The summed E-state index contributed by atoms with van der Waals surface area (Å²) in [5.74, 6) is -1.06. The summed E-state index contributed by atoms with van der Waals surface area (Å²) in [6.07, 6.45) is 0. The molecule has 7 heteroatoms. The first-order chi connectivity index (χ1) is 8.99. The van der Waals surface area contributed by atoms with Gasteiger partial charge in [-0.15, -0.1) is 0 Å². The van der Waals surface area contributed by atoms with E-state index in [1.807, 2.05) is 19.1 Å². The van der Waals surface area contributed by atoms with Crippen LogP contribution in [0.3, 0.4) is 0 Å². The molecule has 2 aromatic rings. The summed E-state index contributed by atoms with van der Waals surface area (Å²) in [6, 6.07) is 7.19. The minimum Gasteiger partial charge on any atom is -0.480 e. The van der Waals surface area contributed by atoms with Gasteiger partial charge >= 0.3 is 5.97 Å². The number of carboxylic acid groups (broad SMARTS) is 1. The van der Waals surface area contributed by atoms with Gasteiger partial charge in [-0.25, -0.2) is 8.42 Å². The Kier molecular flexibility index (Phi) is 3.75. The molecule has 2 N–H and O–H groups in total. The van der Waals surface area contributed by atoms with Crippen molar-refractivity contribution >= 4 is 33.3 Å².